The van der Waals surface area contributed by atoms with Gasteiger partial charge in [0.1, 0.15) is 5.58 Å². The molecule has 0 radical (unpaired) electrons. The second-order valence-electron chi connectivity index (χ2n) is 14.0. The van der Waals surface area contributed by atoms with Crippen LogP contribution in [0.25, 0.3) is 82.6 Å². The van der Waals surface area contributed by atoms with Crippen LogP contribution in [0.2, 0.25) is 0 Å². The summed E-state index contributed by atoms with van der Waals surface area (Å²) in [6.07, 6.45) is 1.84. The smallest absolute Gasteiger partial charge is 0.159 e. The number of para-hydroxylation sites is 3. The highest BCUT2D eigenvalue weighted by Crippen LogP contribution is 2.46. The first-order chi connectivity index (χ1) is 27.3. The van der Waals surface area contributed by atoms with Gasteiger partial charge in [-0.1, -0.05) is 103 Å². The van der Waals surface area contributed by atoms with Crippen molar-refractivity contribution in [2.45, 2.75) is 0 Å². The highest BCUT2D eigenvalue weighted by atomic mass is 16.3. The fourth-order valence-corrected chi connectivity index (χ4v) is 8.22. The quantitative estimate of drug-likeness (QED) is 0.173. The van der Waals surface area contributed by atoms with Crippen LogP contribution in [0.15, 0.2) is 205 Å². The molecule has 8 aromatic carbocycles. The molecule has 0 amide bonds. The summed E-state index contributed by atoms with van der Waals surface area (Å²) in [7, 11) is 0. The number of hydrogen-bond acceptors (Lipinski definition) is 3. The molecule has 258 valence electrons. The van der Waals surface area contributed by atoms with E-state index in [9.17, 15) is 0 Å². The Morgan fingerprint density at radius 1 is 0.436 bits per heavy atom. The molecule has 0 unspecified atom stereocenters. The molecule has 0 N–H and O–H groups in total. The predicted molar refractivity (Wildman–Crippen MR) is 229 cm³/mol. The average Bonchev–Trinajstić information content (AvgIpc) is 3.79. The van der Waals surface area contributed by atoms with Gasteiger partial charge in [0.25, 0.3) is 0 Å². The summed E-state index contributed by atoms with van der Waals surface area (Å²) in [4.78, 5) is 6.98. The predicted octanol–water partition coefficient (Wildman–Crippen LogP) is 14.0. The fourth-order valence-electron chi connectivity index (χ4n) is 8.22. The van der Waals surface area contributed by atoms with Gasteiger partial charge in [-0.05, 0) is 113 Å². The van der Waals surface area contributed by atoms with Gasteiger partial charge in [0.15, 0.2) is 5.58 Å². The Labute approximate surface area is 317 Å². The van der Waals surface area contributed by atoms with Gasteiger partial charge in [0.2, 0.25) is 0 Å². The maximum atomic E-state index is 6.78. The van der Waals surface area contributed by atoms with E-state index in [2.05, 4.69) is 190 Å². The number of rotatable bonds is 6. The second-order valence-corrected chi connectivity index (χ2v) is 14.0. The number of benzene rings is 8. The van der Waals surface area contributed by atoms with Crippen molar-refractivity contribution in [3.8, 4) is 28.1 Å². The van der Waals surface area contributed by atoms with E-state index in [1.54, 1.807) is 0 Å². The minimum atomic E-state index is 0.838. The third-order valence-electron chi connectivity index (χ3n) is 10.8. The summed E-state index contributed by atoms with van der Waals surface area (Å²) in [5.41, 5.74) is 12.4. The van der Waals surface area contributed by atoms with Crippen molar-refractivity contribution in [2.24, 2.45) is 0 Å². The lowest BCUT2D eigenvalue weighted by atomic mass is 9.98. The first kappa shape index (κ1) is 31.1. The number of aromatic nitrogens is 2. The van der Waals surface area contributed by atoms with Crippen molar-refractivity contribution in [1.29, 1.82) is 0 Å². The molecular formula is C51H33N3O. The maximum Gasteiger partial charge on any atom is 0.159 e. The minimum Gasteiger partial charge on any atom is -0.454 e. The zero-order valence-corrected chi connectivity index (χ0v) is 29.8. The lowest BCUT2D eigenvalue weighted by Gasteiger charge is -2.26. The number of anilines is 3. The standard InChI is InChI=1S/C51H33N3O/c1-3-17-39(18-4-1)53(41-21-13-16-37(28-41)46-23-11-12-27-52-46)49-33-38(31-45-42-22-9-10-24-50(42)55-51(45)49)36-25-26-47-43(30-36)44-29-34-14-7-8-15-35(34)32-48(44)54(47)40-19-5-2-6-20-40/h1-33H. The van der Waals surface area contributed by atoms with Gasteiger partial charge in [0.05, 0.1) is 22.4 Å². The Morgan fingerprint density at radius 2 is 1.15 bits per heavy atom. The van der Waals surface area contributed by atoms with Gasteiger partial charge >= 0.3 is 0 Å². The molecule has 0 fully saturated rings. The molecule has 0 saturated heterocycles. The van der Waals surface area contributed by atoms with Gasteiger partial charge in [-0.15, -0.1) is 0 Å². The van der Waals surface area contributed by atoms with Gasteiger partial charge < -0.3 is 13.9 Å². The Kier molecular flexibility index (Phi) is 7.14. The van der Waals surface area contributed by atoms with Crippen LogP contribution in [0.3, 0.4) is 0 Å². The molecule has 0 atom stereocenters. The third-order valence-corrected chi connectivity index (χ3v) is 10.8. The van der Waals surface area contributed by atoms with Crippen LogP contribution in [0, 0.1) is 0 Å². The van der Waals surface area contributed by atoms with Crippen molar-refractivity contribution < 1.29 is 4.42 Å². The molecule has 0 bridgehead atoms. The molecule has 11 rings (SSSR count). The zero-order chi connectivity index (χ0) is 36.3. The summed E-state index contributed by atoms with van der Waals surface area (Å²) in [5.74, 6) is 0. The highest BCUT2D eigenvalue weighted by Gasteiger charge is 2.22. The Bertz CT molecular complexity index is 3200. The van der Waals surface area contributed by atoms with E-state index in [0.29, 0.717) is 0 Å². The molecule has 55 heavy (non-hydrogen) atoms. The van der Waals surface area contributed by atoms with Gasteiger partial charge in [0, 0.05) is 50.4 Å². The highest BCUT2D eigenvalue weighted by molar-refractivity contribution is 6.16. The van der Waals surface area contributed by atoms with Crippen LogP contribution in [0.1, 0.15) is 0 Å². The average molecular weight is 704 g/mol. The van der Waals surface area contributed by atoms with E-state index in [1.807, 2.05) is 24.4 Å². The largest absolute Gasteiger partial charge is 0.454 e. The summed E-state index contributed by atoms with van der Waals surface area (Å²) in [5, 5.41) is 7.06. The molecule has 0 aliphatic rings. The van der Waals surface area contributed by atoms with Crippen molar-refractivity contribution in [2.75, 3.05) is 4.90 Å². The van der Waals surface area contributed by atoms with Crippen molar-refractivity contribution in [3.05, 3.63) is 200 Å². The molecular weight excluding hydrogens is 671 g/mol. The number of hydrogen-bond donors (Lipinski definition) is 0. The van der Waals surface area contributed by atoms with Crippen molar-refractivity contribution in [1.82, 2.24) is 9.55 Å². The fraction of sp³-hybridized carbons (Fsp3) is 0. The SMILES string of the molecule is c1ccc(N(c2cccc(-c3ccccn3)c2)c2cc(-c3ccc4c(c3)c3cc5ccccc5cc3n4-c3ccccc3)cc3c2oc2ccccc23)cc1. The third kappa shape index (κ3) is 5.19. The number of fused-ring (bicyclic) bond motifs is 7. The van der Waals surface area contributed by atoms with E-state index >= 15 is 0 Å². The van der Waals surface area contributed by atoms with Crippen LogP contribution in [0.4, 0.5) is 17.1 Å². The molecule has 0 aliphatic heterocycles. The molecule has 0 spiro atoms. The maximum absolute atomic E-state index is 6.78. The lowest BCUT2D eigenvalue weighted by molar-refractivity contribution is 0.669. The molecule has 11 aromatic rings. The van der Waals surface area contributed by atoms with Gasteiger partial charge in [-0.2, -0.15) is 0 Å². The zero-order valence-electron chi connectivity index (χ0n) is 29.8. The molecule has 4 heteroatoms. The van der Waals surface area contributed by atoms with E-state index in [1.165, 1.54) is 32.6 Å². The second kappa shape index (κ2) is 12.6. The normalized spacial score (nSPS) is 11.6. The van der Waals surface area contributed by atoms with Crippen LogP contribution in [-0.2, 0) is 0 Å². The van der Waals surface area contributed by atoms with Crippen LogP contribution in [-0.4, -0.2) is 9.55 Å². The summed E-state index contributed by atoms with van der Waals surface area (Å²) in [6.45, 7) is 0. The van der Waals surface area contributed by atoms with E-state index in [4.69, 9.17) is 4.42 Å². The Morgan fingerprint density at radius 3 is 1.98 bits per heavy atom. The lowest BCUT2D eigenvalue weighted by Crippen LogP contribution is -2.10. The van der Waals surface area contributed by atoms with Gasteiger partial charge in [-0.3, -0.25) is 4.98 Å². The number of nitrogens with zero attached hydrogens (tertiary/aromatic N) is 3. The minimum absolute atomic E-state index is 0.838. The summed E-state index contributed by atoms with van der Waals surface area (Å²) >= 11 is 0. The van der Waals surface area contributed by atoms with E-state index in [-0.39, 0.29) is 0 Å². The van der Waals surface area contributed by atoms with Gasteiger partial charge in [-0.25, -0.2) is 0 Å². The molecule has 0 aliphatic carbocycles. The first-order valence-corrected chi connectivity index (χ1v) is 18.6. The summed E-state index contributed by atoms with van der Waals surface area (Å²) in [6, 6.07) is 69.0. The van der Waals surface area contributed by atoms with E-state index in [0.717, 1.165) is 67.1 Å². The van der Waals surface area contributed by atoms with Crippen LogP contribution >= 0.6 is 0 Å². The molecule has 3 aromatic heterocycles. The van der Waals surface area contributed by atoms with Crippen molar-refractivity contribution >= 4 is 71.6 Å². The van der Waals surface area contributed by atoms with Crippen molar-refractivity contribution in [3.63, 3.8) is 0 Å². The monoisotopic (exact) mass is 703 g/mol. The van der Waals surface area contributed by atoms with Crippen LogP contribution in [0.5, 0.6) is 0 Å². The number of pyridine rings is 1. The van der Waals surface area contributed by atoms with Crippen LogP contribution < -0.4 is 4.90 Å². The first-order valence-electron chi connectivity index (χ1n) is 18.6. The van der Waals surface area contributed by atoms with E-state index < -0.39 is 0 Å². The molecule has 4 nitrogen and oxygen atoms in total. The number of furan rings is 1. The topological polar surface area (TPSA) is 34.2 Å². The molecule has 0 saturated carbocycles. The summed E-state index contributed by atoms with van der Waals surface area (Å²) < 4.78 is 9.17. The Hall–Kier alpha value is -7.43. The molecule has 3 heterocycles. The Balaban J connectivity index is 1.18.